The lowest BCUT2D eigenvalue weighted by Crippen LogP contribution is -2.52. The Hall–Kier alpha value is -3.62. The van der Waals surface area contributed by atoms with Gasteiger partial charge < -0.3 is 19.5 Å². The maximum Gasteiger partial charge on any atom is 0.407 e. The van der Waals surface area contributed by atoms with Crippen molar-refractivity contribution < 1.29 is 18.8 Å². The highest BCUT2D eigenvalue weighted by molar-refractivity contribution is 5.92. The zero-order valence-corrected chi connectivity index (χ0v) is 20.6. The number of rotatable bonds is 4. The Kier molecular flexibility index (Phi) is 5.65. The molecule has 184 valence electrons. The summed E-state index contributed by atoms with van der Waals surface area (Å²) >= 11 is 0. The molecule has 9 heteroatoms. The van der Waals surface area contributed by atoms with Crippen molar-refractivity contribution in [2.45, 2.75) is 51.7 Å². The molecule has 1 saturated heterocycles. The van der Waals surface area contributed by atoms with Gasteiger partial charge in [-0.2, -0.15) is 5.10 Å². The molecular formula is C26H31N5O4. The molecule has 0 unspecified atom stereocenters. The predicted octanol–water partition coefficient (Wildman–Crippen LogP) is 4.26. The molecule has 9 nitrogen and oxygen atoms in total. The number of alkyl carbamates (subject to hydrolysis) is 1. The molecule has 1 aromatic carbocycles. The van der Waals surface area contributed by atoms with E-state index in [0.29, 0.717) is 18.8 Å². The number of carbonyl (C=O) groups excluding carboxylic acids is 2. The smallest absolute Gasteiger partial charge is 0.407 e. The van der Waals surface area contributed by atoms with Gasteiger partial charge in [0, 0.05) is 49.6 Å². The van der Waals surface area contributed by atoms with Crippen LogP contribution in [0.3, 0.4) is 0 Å². The maximum absolute atomic E-state index is 13.1. The average molecular weight is 478 g/mol. The lowest BCUT2D eigenvalue weighted by Gasteiger charge is -2.45. The number of hydrogen-bond acceptors (Lipinski definition) is 6. The number of aryl methyl sites for hydroxylation is 1. The highest BCUT2D eigenvalue weighted by Gasteiger charge is 2.50. The van der Waals surface area contributed by atoms with Crippen LogP contribution in [-0.2, 0) is 11.8 Å². The van der Waals surface area contributed by atoms with Crippen LogP contribution in [0.2, 0.25) is 0 Å². The largest absolute Gasteiger partial charge is 0.444 e. The molecule has 3 aromatic rings. The summed E-state index contributed by atoms with van der Waals surface area (Å²) in [6.07, 6.45) is 6.01. The van der Waals surface area contributed by atoms with Gasteiger partial charge in [-0.05, 0) is 51.0 Å². The Bertz CT molecular complexity index is 1230. The number of ether oxygens (including phenoxy) is 1. The van der Waals surface area contributed by atoms with Crippen molar-refractivity contribution in [2.24, 2.45) is 12.5 Å². The van der Waals surface area contributed by atoms with Crippen molar-refractivity contribution in [2.75, 3.05) is 13.1 Å². The third-order valence-corrected chi connectivity index (χ3v) is 6.75. The van der Waals surface area contributed by atoms with Crippen molar-refractivity contribution in [3.63, 3.8) is 0 Å². The van der Waals surface area contributed by atoms with E-state index in [-0.39, 0.29) is 29.2 Å². The number of amides is 2. The van der Waals surface area contributed by atoms with E-state index in [1.165, 1.54) is 0 Å². The van der Waals surface area contributed by atoms with Crippen molar-refractivity contribution >= 4 is 12.0 Å². The molecular weight excluding hydrogens is 446 g/mol. The van der Waals surface area contributed by atoms with E-state index in [1.54, 1.807) is 10.7 Å². The number of carbonyl (C=O) groups is 2. The van der Waals surface area contributed by atoms with E-state index >= 15 is 0 Å². The summed E-state index contributed by atoms with van der Waals surface area (Å²) in [5.41, 5.74) is 3.15. The van der Waals surface area contributed by atoms with Crippen LogP contribution in [0.15, 0.2) is 47.2 Å². The summed E-state index contributed by atoms with van der Waals surface area (Å²) in [6.45, 7) is 6.88. The molecule has 35 heavy (non-hydrogen) atoms. The van der Waals surface area contributed by atoms with Crippen LogP contribution in [-0.4, -0.2) is 56.6 Å². The van der Waals surface area contributed by atoms with Gasteiger partial charge in [-0.25, -0.2) is 4.79 Å². The molecule has 2 amide bonds. The van der Waals surface area contributed by atoms with E-state index < -0.39 is 5.60 Å². The van der Waals surface area contributed by atoms with Crippen LogP contribution < -0.4 is 5.32 Å². The average Bonchev–Trinajstić information content (AvgIpc) is 3.51. The topological polar surface area (TPSA) is 102 Å². The second-order valence-electron chi connectivity index (χ2n) is 10.8. The molecule has 2 aromatic heterocycles. The van der Waals surface area contributed by atoms with Crippen LogP contribution in [0.4, 0.5) is 4.79 Å². The van der Waals surface area contributed by atoms with Crippen molar-refractivity contribution in [3.05, 3.63) is 48.5 Å². The zero-order chi connectivity index (χ0) is 24.8. The molecule has 2 fully saturated rings. The van der Waals surface area contributed by atoms with Crippen LogP contribution in [0, 0.1) is 5.41 Å². The number of likely N-dealkylation sites (tertiary alicyclic amines) is 1. The fourth-order valence-electron chi connectivity index (χ4n) is 5.08. The lowest BCUT2D eigenvalue weighted by molar-refractivity contribution is 0.0330. The molecule has 1 spiro atoms. The second-order valence-corrected chi connectivity index (χ2v) is 10.8. The SMILES string of the molecule is Cn1cc(-c2ccc(-c3cc(C(=O)N4CCC5(CC(NC(=O)OC(C)(C)C)C5)C4)on3)cc2)cn1. The van der Waals surface area contributed by atoms with Crippen molar-refractivity contribution in [1.29, 1.82) is 0 Å². The summed E-state index contributed by atoms with van der Waals surface area (Å²) in [6, 6.07) is 9.74. The number of benzene rings is 1. The van der Waals surface area contributed by atoms with E-state index in [4.69, 9.17) is 9.26 Å². The number of aromatic nitrogens is 3. The standard InChI is InChI=1S/C26H31N5O4/c1-25(2,3)34-24(33)28-20-12-26(13-20)9-10-31(16-26)23(32)22-11-21(29-35-22)18-7-5-17(6-8-18)19-14-27-30(4)15-19/h5-8,11,14-15,20H,9-10,12-13,16H2,1-4H3,(H,28,33). The first-order chi connectivity index (χ1) is 16.6. The maximum atomic E-state index is 13.1. The second kappa shape index (κ2) is 8.55. The van der Waals surface area contributed by atoms with E-state index in [2.05, 4.69) is 15.6 Å². The van der Waals surface area contributed by atoms with Gasteiger partial charge in [0.1, 0.15) is 11.3 Å². The Labute approximate surface area is 204 Å². The first kappa shape index (κ1) is 23.1. The van der Waals surface area contributed by atoms with E-state index in [0.717, 1.165) is 36.0 Å². The van der Waals surface area contributed by atoms with Gasteiger partial charge in [0.25, 0.3) is 5.91 Å². The number of nitrogens with one attached hydrogen (secondary N) is 1. The number of nitrogens with zero attached hydrogens (tertiary/aromatic N) is 4. The predicted molar refractivity (Wildman–Crippen MR) is 129 cm³/mol. The molecule has 1 N–H and O–H groups in total. The third-order valence-electron chi connectivity index (χ3n) is 6.75. The first-order valence-electron chi connectivity index (χ1n) is 11.9. The minimum absolute atomic E-state index is 0.0559. The molecule has 3 heterocycles. The minimum atomic E-state index is -0.514. The quantitative estimate of drug-likeness (QED) is 0.602. The summed E-state index contributed by atoms with van der Waals surface area (Å²) in [7, 11) is 1.89. The third kappa shape index (κ3) is 4.94. The monoisotopic (exact) mass is 477 g/mol. The van der Waals surface area contributed by atoms with Gasteiger partial charge in [-0.15, -0.1) is 0 Å². The normalized spacial score (nSPS) is 21.7. The Morgan fingerprint density at radius 3 is 2.51 bits per heavy atom. The molecule has 2 aliphatic rings. The summed E-state index contributed by atoms with van der Waals surface area (Å²) in [5, 5.41) is 11.3. The van der Waals surface area contributed by atoms with Gasteiger partial charge in [0.15, 0.2) is 0 Å². The van der Waals surface area contributed by atoms with Crippen LogP contribution in [0.5, 0.6) is 0 Å². The fourth-order valence-corrected chi connectivity index (χ4v) is 5.08. The molecule has 1 saturated carbocycles. The Morgan fingerprint density at radius 2 is 1.86 bits per heavy atom. The van der Waals surface area contributed by atoms with Crippen molar-refractivity contribution in [1.82, 2.24) is 25.2 Å². The van der Waals surface area contributed by atoms with Gasteiger partial charge >= 0.3 is 6.09 Å². The molecule has 0 bridgehead atoms. The van der Waals surface area contributed by atoms with Gasteiger partial charge in [-0.1, -0.05) is 29.4 Å². The van der Waals surface area contributed by atoms with Crippen molar-refractivity contribution in [3.8, 4) is 22.4 Å². The summed E-state index contributed by atoms with van der Waals surface area (Å²) < 4.78 is 12.5. The molecule has 0 atom stereocenters. The zero-order valence-electron chi connectivity index (χ0n) is 20.6. The lowest BCUT2D eigenvalue weighted by atomic mass is 9.65. The summed E-state index contributed by atoms with van der Waals surface area (Å²) in [4.78, 5) is 26.9. The highest BCUT2D eigenvalue weighted by Crippen LogP contribution is 2.48. The molecule has 5 rings (SSSR count). The van der Waals surface area contributed by atoms with E-state index in [9.17, 15) is 9.59 Å². The van der Waals surface area contributed by atoms with Crippen LogP contribution >= 0.6 is 0 Å². The van der Waals surface area contributed by atoms with E-state index in [1.807, 2.05) is 69.4 Å². The highest BCUT2D eigenvalue weighted by atomic mass is 16.6. The fraction of sp³-hybridized carbons (Fsp3) is 0.462. The molecule has 1 aliphatic heterocycles. The van der Waals surface area contributed by atoms with Crippen LogP contribution in [0.25, 0.3) is 22.4 Å². The number of hydrogen-bond donors (Lipinski definition) is 1. The summed E-state index contributed by atoms with van der Waals surface area (Å²) in [5.74, 6) is 0.104. The molecule has 1 aliphatic carbocycles. The Morgan fingerprint density at radius 1 is 1.14 bits per heavy atom. The van der Waals surface area contributed by atoms with Crippen LogP contribution in [0.1, 0.15) is 50.6 Å². The Balaban J connectivity index is 1.17. The molecule has 0 radical (unpaired) electrons. The minimum Gasteiger partial charge on any atom is -0.444 e. The van der Waals surface area contributed by atoms with Gasteiger partial charge in [0.2, 0.25) is 5.76 Å². The van der Waals surface area contributed by atoms with Gasteiger partial charge in [-0.3, -0.25) is 9.48 Å². The first-order valence-corrected chi connectivity index (χ1v) is 11.9. The van der Waals surface area contributed by atoms with Gasteiger partial charge in [0.05, 0.1) is 6.20 Å².